The maximum Gasteiger partial charge on any atom is 0.337 e. The maximum atomic E-state index is 11.3. The van der Waals surface area contributed by atoms with Gasteiger partial charge in [-0.25, -0.2) is 4.79 Å². The Morgan fingerprint density at radius 1 is 1.05 bits per heavy atom. The van der Waals surface area contributed by atoms with Crippen LogP contribution in [-0.4, -0.2) is 13.1 Å². The minimum absolute atomic E-state index is 0.306. The molecule has 2 aromatic carbocycles. The zero-order chi connectivity index (χ0) is 13.5. The van der Waals surface area contributed by atoms with Crippen molar-refractivity contribution in [1.82, 2.24) is 0 Å². The molecule has 2 rings (SSSR count). The molecule has 0 aromatic heterocycles. The molecular formula is C17H16O2. The minimum Gasteiger partial charge on any atom is -0.465 e. The fourth-order valence-corrected chi connectivity index (χ4v) is 1.79. The molecule has 0 bridgehead atoms. The number of rotatable bonds is 4. The summed E-state index contributed by atoms with van der Waals surface area (Å²) in [5.74, 6) is -0.306. The van der Waals surface area contributed by atoms with Crippen molar-refractivity contribution in [2.45, 2.75) is 6.42 Å². The molecule has 0 N–H and O–H groups in total. The van der Waals surface area contributed by atoms with E-state index in [1.165, 1.54) is 12.7 Å². The average Bonchev–Trinajstić information content (AvgIpc) is 2.48. The Balaban J connectivity index is 1.98. The van der Waals surface area contributed by atoms with Crippen LogP contribution < -0.4 is 0 Å². The van der Waals surface area contributed by atoms with Gasteiger partial charge in [-0.2, -0.15) is 0 Å². The predicted octanol–water partition coefficient (Wildman–Crippen LogP) is 3.73. The third-order valence-corrected chi connectivity index (χ3v) is 2.84. The van der Waals surface area contributed by atoms with Crippen molar-refractivity contribution in [3.63, 3.8) is 0 Å². The molecule has 96 valence electrons. The summed E-state index contributed by atoms with van der Waals surface area (Å²) in [7, 11) is 1.38. The number of methoxy groups -OCH3 is 1. The molecule has 0 atom stereocenters. The van der Waals surface area contributed by atoms with Gasteiger partial charge < -0.3 is 4.74 Å². The first-order chi connectivity index (χ1) is 9.29. The zero-order valence-corrected chi connectivity index (χ0v) is 10.9. The molecule has 0 spiro atoms. The van der Waals surface area contributed by atoms with Crippen LogP contribution in [0.25, 0.3) is 6.08 Å². The Morgan fingerprint density at radius 2 is 1.74 bits per heavy atom. The quantitative estimate of drug-likeness (QED) is 0.775. The van der Waals surface area contributed by atoms with Crippen molar-refractivity contribution in [2.24, 2.45) is 0 Å². The normalized spacial score (nSPS) is 10.6. The van der Waals surface area contributed by atoms with Crippen LogP contribution in [0.3, 0.4) is 0 Å². The highest BCUT2D eigenvalue weighted by molar-refractivity contribution is 5.89. The summed E-state index contributed by atoms with van der Waals surface area (Å²) >= 11 is 0. The van der Waals surface area contributed by atoms with Crippen LogP contribution in [0.2, 0.25) is 0 Å². The molecule has 0 unspecified atom stereocenters. The molecule has 2 aromatic rings. The minimum atomic E-state index is -0.306. The summed E-state index contributed by atoms with van der Waals surface area (Å²) in [6.45, 7) is 0. The Bertz CT molecular complexity index is 554. The van der Waals surface area contributed by atoms with Crippen LogP contribution in [0.5, 0.6) is 0 Å². The molecule has 0 aliphatic carbocycles. The van der Waals surface area contributed by atoms with Gasteiger partial charge in [0.25, 0.3) is 0 Å². The maximum absolute atomic E-state index is 11.3. The molecule has 0 aliphatic heterocycles. The monoisotopic (exact) mass is 252 g/mol. The van der Waals surface area contributed by atoms with Crippen molar-refractivity contribution in [2.75, 3.05) is 7.11 Å². The lowest BCUT2D eigenvalue weighted by molar-refractivity contribution is 0.0601. The Labute approximate surface area is 113 Å². The molecule has 2 heteroatoms. The number of allylic oxidation sites excluding steroid dienone is 1. The van der Waals surface area contributed by atoms with E-state index in [9.17, 15) is 4.79 Å². The Hall–Kier alpha value is -2.35. The van der Waals surface area contributed by atoms with E-state index in [2.05, 4.69) is 22.9 Å². The van der Waals surface area contributed by atoms with Crippen LogP contribution in [0, 0.1) is 0 Å². The van der Waals surface area contributed by atoms with Gasteiger partial charge in [0.15, 0.2) is 0 Å². The smallest absolute Gasteiger partial charge is 0.337 e. The van der Waals surface area contributed by atoms with E-state index in [0.29, 0.717) is 5.56 Å². The van der Waals surface area contributed by atoms with Crippen molar-refractivity contribution in [3.8, 4) is 0 Å². The second-order valence-electron chi connectivity index (χ2n) is 4.21. The predicted molar refractivity (Wildman–Crippen MR) is 77.0 cm³/mol. The first-order valence-corrected chi connectivity index (χ1v) is 6.18. The molecule has 2 nitrogen and oxygen atoms in total. The van der Waals surface area contributed by atoms with Crippen LogP contribution in [-0.2, 0) is 11.2 Å². The molecule has 0 heterocycles. The highest BCUT2D eigenvalue weighted by atomic mass is 16.5. The standard InChI is InChI=1S/C17H16O2/c1-19-17(18)16-12-10-15(11-13-16)9-5-8-14-6-3-2-4-7-14/h2-7,9-13H,8H2,1H3/b9-5+. The average molecular weight is 252 g/mol. The Morgan fingerprint density at radius 3 is 2.37 bits per heavy atom. The van der Waals surface area contributed by atoms with Crippen molar-refractivity contribution < 1.29 is 9.53 Å². The second-order valence-corrected chi connectivity index (χ2v) is 4.21. The van der Waals surface area contributed by atoms with Crippen molar-refractivity contribution in [1.29, 1.82) is 0 Å². The van der Waals surface area contributed by atoms with E-state index in [1.54, 1.807) is 12.1 Å². The van der Waals surface area contributed by atoms with Gasteiger partial charge in [-0.05, 0) is 29.7 Å². The van der Waals surface area contributed by atoms with Crippen LogP contribution in [0.1, 0.15) is 21.5 Å². The third-order valence-electron chi connectivity index (χ3n) is 2.84. The topological polar surface area (TPSA) is 26.3 Å². The fraction of sp³-hybridized carbons (Fsp3) is 0.118. The molecule has 0 saturated carbocycles. The molecule has 19 heavy (non-hydrogen) atoms. The summed E-state index contributed by atoms with van der Waals surface area (Å²) in [5.41, 5.74) is 2.93. The van der Waals surface area contributed by atoms with E-state index in [4.69, 9.17) is 0 Å². The van der Waals surface area contributed by atoms with E-state index < -0.39 is 0 Å². The number of esters is 1. The van der Waals surface area contributed by atoms with Gasteiger partial charge >= 0.3 is 5.97 Å². The van der Waals surface area contributed by atoms with Crippen molar-refractivity contribution >= 4 is 12.0 Å². The number of ether oxygens (including phenoxy) is 1. The van der Waals surface area contributed by atoms with E-state index in [1.807, 2.05) is 36.4 Å². The summed E-state index contributed by atoms with van der Waals surface area (Å²) in [6, 6.07) is 17.7. The van der Waals surface area contributed by atoms with Gasteiger partial charge in [-0.1, -0.05) is 54.6 Å². The van der Waals surface area contributed by atoms with Gasteiger partial charge in [0.2, 0.25) is 0 Å². The molecular weight excluding hydrogens is 236 g/mol. The zero-order valence-electron chi connectivity index (χ0n) is 10.9. The number of hydrogen-bond acceptors (Lipinski definition) is 2. The fourth-order valence-electron chi connectivity index (χ4n) is 1.79. The summed E-state index contributed by atoms with van der Waals surface area (Å²) < 4.78 is 4.66. The second kappa shape index (κ2) is 6.55. The summed E-state index contributed by atoms with van der Waals surface area (Å²) in [5, 5.41) is 0. The number of benzene rings is 2. The van der Waals surface area contributed by atoms with Crippen LogP contribution in [0.4, 0.5) is 0 Å². The van der Waals surface area contributed by atoms with Gasteiger partial charge in [0.05, 0.1) is 12.7 Å². The highest BCUT2D eigenvalue weighted by Crippen LogP contribution is 2.08. The number of carbonyl (C=O) groups excluding carboxylic acids is 1. The largest absolute Gasteiger partial charge is 0.465 e. The molecule has 0 aliphatic rings. The lowest BCUT2D eigenvalue weighted by Gasteiger charge is -1.99. The number of hydrogen-bond donors (Lipinski definition) is 0. The number of carbonyl (C=O) groups is 1. The lowest BCUT2D eigenvalue weighted by atomic mass is 10.1. The molecule has 0 radical (unpaired) electrons. The molecule has 0 amide bonds. The van der Waals surface area contributed by atoms with E-state index in [-0.39, 0.29) is 5.97 Å². The third kappa shape index (κ3) is 3.81. The molecule has 0 fully saturated rings. The van der Waals surface area contributed by atoms with E-state index >= 15 is 0 Å². The molecule has 0 saturated heterocycles. The van der Waals surface area contributed by atoms with Crippen LogP contribution in [0.15, 0.2) is 60.7 Å². The van der Waals surface area contributed by atoms with E-state index in [0.717, 1.165) is 12.0 Å². The first-order valence-electron chi connectivity index (χ1n) is 6.18. The summed E-state index contributed by atoms with van der Waals surface area (Å²) in [6.07, 6.45) is 5.07. The highest BCUT2D eigenvalue weighted by Gasteiger charge is 2.02. The van der Waals surface area contributed by atoms with Gasteiger partial charge in [-0.3, -0.25) is 0 Å². The van der Waals surface area contributed by atoms with Gasteiger partial charge in [0.1, 0.15) is 0 Å². The van der Waals surface area contributed by atoms with Crippen LogP contribution >= 0.6 is 0 Å². The van der Waals surface area contributed by atoms with Crippen molar-refractivity contribution in [3.05, 3.63) is 77.4 Å². The van der Waals surface area contributed by atoms with Gasteiger partial charge in [-0.15, -0.1) is 0 Å². The Kier molecular flexibility index (Phi) is 4.51. The SMILES string of the molecule is COC(=O)c1ccc(/C=C/Cc2ccccc2)cc1. The summed E-state index contributed by atoms with van der Waals surface area (Å²) in [4.78, 5) is 11.3. The first kappa shape index (κ1) is 13.1. The van der Waals surface area contributed by atoms with Gasteiger partial charge in [0, 0.05) is 0 Å². The lowest BCUT2D eigenvalue weighted by Crippen LogP contribution is -2.00.